The minimum absolute atomic E-state index is 0. The zero-order valence-electron chi connectivity index (χ0n) is 12.9. The van der Waals surface area contributed by atoms with Gasteiger partial charge >= 0.3 is 5.97 Å². The fourth-order valence-electron chi connectivity index (χ4n) is 3.17. The summed E-state index contributed by atoms with van der Waals surface area (Å²) in [7, 11) is 2.07. The van der Waals surface area contributed by atoms with Crippen LogP contribution in [0.3, 0.4) is 0 Å². The van der Waals surface area contributed by atoms with Crippen molar-refractivity contribution in [1.82, 2.24) is 9.88 Å². The monoisotopic (exact) mass is 337 g/mol. The van der Waals surface area contributed by atoms with Crippen LogP contribution in [-0.2, 0) is 16.0 Å². The molecule has 3 heterocycles. The third kappa shape index (κ3) is 3.54. The largest absolute Gasteiger partial charge is 0.478 e. The number of nitrogens with zero attached hydrogens (tertiary/aromatic N) is 2. The summed E-state index contributed by atoms with van der Waals surface area (Å²) in [5.41, 5.74) is 1.37. The predicted molar refractivity (Wildman–Crippen MR) is 89.7 cm³/mol. The topological polar surface area (TPSA) is 82.5 Å². The number of carboxylic acids is 1. The molecule has 2 aliphatic rings. The summed E-state index contributed by atoms with van der Waals surface area (Å²) in [5, 5.41) is 11.6. The van der Waals surface area contributed by atoms with Gasteiger partial charge in [0.25, 0.3) is 0 Å². The van der Waals surface area contributed by atoms with Gasteiger partial charge in [-0.1, -0.05) is 0 Å². The van der Waals surface area contributed by atoms with Crippen molar-refractivity contribution < 1.29 is 14.7 Å². The Morgan fingerprint density at radius 1 is 1.43 bits per heavy atom. The lowest BCUT2D eigenvalue weighted by molar-refractivity contribution is -0.131. The Bertz CT molecular complexity index is 652. The first-order chi connectivity index (χ1) is 10.5. The number of halogens is 1. The van der Waals surface area contributed by atoms with E-state index in [0.717, 1.165) is 43.1 Å². The second-order valence-corrected chi connectivity index (χ2v) is 6.16. The summed E-state index contributed by atoms with van der Waals surface area (Å²) < 4.78 is 0. The Morgan fingerprint density at radius 3 is 2.78 bits per heavy atom. The summed E-state index contributed by atoms with van der Waals surface area (Å²) in [6.07, 6.45) is 6.53. The van der Waals surface area contributed by atoms with Crippen LogP contribution in [-0.4, -0.2) is 47.0 Å². The smallest absolute Gasteiger partial charge is 0.328 e. The van der Waals surface area contributed by atoms with Crippen LogP contribution >= 0.6 is 12.4 Å². The number of carboxylic acid groups (broad SMARTS) is 1. The van der Waals surface area contributed by atoms with Crippen molar-refractivity contribution in [3.05, 3.63) is 29.5 Å². The second-order valence-electron chi connectivity index (χ2n) is 6.16. The molecule has 1 spiro atoms. The van der Waals surface area contributed by atoms with E-state index in [4.69, 9.17) is 5.11 Å². The number of carbonyl (C=O) groups is 2. The molecule has 1 aromatic heterocycles. The number of rotatable bonds is 2. The third-order valence-electron chi connectivity index (χ3n) is 4.59. The molecule has 0 aliphatic carbocycles. The van der Waals surface area contributed by atoms with Gasteiger partial charge in [0.15, 0.2) is 0 Å². The van der Waals surface area contributed by atoms with Gasteiger partial charge in [-0.05, 0) is 62.7 Å². The number of amides is 1. The van der Waals surface area contributed by atoms with Crippen LogP contribution in [0.5, 0.6) is 0 Å². The molecule has 0 radical (unpaired) electrons. The molecule has 124 valence electrons. The third-order valence-corrected chi connectivity index (χ3v) is 4.59. The standard InChI is InChI=1S/C16H19N3O3.ClH/c1-19-6-4-16(5-7-19)9-12-8-11(2-3-13(20)21)10-17-14(12)18-15(16)22;/h2-3,8,10H,4-7,9H2,1H3,(H,20,21)(H,17,18,22);1H/b3-2+;. The Hall–Kier alpha value is -1.92. The van der Waals surface area contributed by atoms with E-state index in [9.17, 15) is 9.59 Å². The van der Waals surface area contributed by atoms with Crippen molar-refractivity contribution in [3.63, 3.8) is 0 Å². The summed E-state index contributed by atoms with van der Waals surface area (Å²) in [6.45, 7) is 1.82. The van der Waals surface area contributed by atoms with Gasteiger partial charge in [0.05, 0.1) is 5.41 Å². The van der Waals surface area contributed by atoms with Crippen LogP contribution in [0.25, 0.3) is 6.08 Å². The Kier molecular flexibility index (Phi) is 5.06. The van der Waals surface area contributed by atoms with Gasteiger partial charge in [0.1, 0.15) is 5.82 Å². The van der Waals surface area contributed by atoms with Crippen molar-refractivity contribution in [2.45, 2.75) is 19.3 Å². The van der Waals surface area contributed by atoms with Gasteiger partial charge in [-0.15, -0.1) is 12.4 Å². The van der Waals surface area contributed by atoms with Gasteiger partial charge < -0.3 is 15.3 Å². The van der Waals surface area contributed by atoms with Crippen molar-refractivity contribution in [3.8, 4) is 0 Å². The van der Waals surface area contributed by atoms with Gasteiger partial charge in [-0.3, -0.25) is 4.79 Å². The lowest BCUT2D eigenvalue weighted by Crippen LogP contribution is -2.49. The van der Waals surface area contributed by atoms with Crippen LogP contribution in [0.15, 0.2) is 18.3 Å². The Labute approximate surface area is 141 Å². The highest BCUT2D eigenvalue weighted by atomic mass is 35.5. The van der Waals surface area contributed by atoms with Crippen LogP contribution in [0.1, 0.15) is 24.0 Å². The average Bonchev–Trinajstić information content (AvgIpc) is 2.49. The van der Waals surface area contributed by atoms with Crippen LogP contribution in [0, 0.1) is 5.41 Å². The SMILES string of the molecule is CN1CCC2(CC1)Cc1cc(/C=C/C(=O)O)cnc1NC2=O.Cl. The van der Waals surface area contributed by atoms with E-state index in [-0.39, 0.29) is 23.7 Å². The van der Waals surface area contributed by atoms with E-state index in [1.54, 1.807) is 6.20 Å². The summed E-state index contributed by atoms with van der Waals surface area (Å²) >= 11 is 0. The Morgan fingerprint density at radius 2 is 2.13 bits per heavy atom. The molecule has 1 amide bonds. The summed E-state index contributed by atoms with van der Waals surface area (Å²) in [6, 6.07) is 1.92. The number of fused-ring (bicyclic) bond motifs is 1. The first-order valence-electron chi connectivity index (χ1n) is 7.38. The number of hydrogen-bond donors (Lipinski definition) is 2. The lowest BCUT2D eigenvalue weighted by Gasteiger charge is -2.42. The summed E-state index contributed by atoms with van der Waals surface area (Å²) in [5.74, 6) is -0.325. The van der Waals surface area contributed by atoms with E-state index in [0.29, 0.717) is 12.2 Å². The first-order valence-corrected chi connectivity index (χ1v) is 7.38. The molecule has 0 saturated carbocycles. The number of aliphatic carboxylic acids is 1. The predicted octanol–water partition coefficient (Wildman–Crippen LogP) is 1.81. The van der Waals surface area contributed by atoms with Crippen LogP contribution < -0.4 is 5.32 Å². The van der Waals surface area contributed by atoms with E-state index >= 15 is 0 Å². The molecular formula is C16H20ClN3O3. The zero-order chi connectivity index (χ0) is 15.7. The number of piperidine rings is 1. The number of hydrogen-bond acceptors (Lipinski definition) is 4. The molecule has 2 N–H and O–H groups in total. The minimum atomic E-state index is -0.988. The Balaban J connectivity index is 0.00000192. The molecule has 1 saturated heterocycles. The highest BCUT2D eigenvalue weighted by molar-refractivity contribution is 5.97. The van der Waals surface area contributed by atoms with Gasteiger partial charge in [0.2, 0.25) is 5.91 Å². The number of carbonyl (C=O) groups excluding carboxylic acids is 1. The van der Waals surface area contributed by atoms with Crippen molar-refractivity contribution in [2.24, 2.45) is 5.41 Å². The molecule has 23 heavy (non-hydrogen) atoms. The maximum atomic E-state index is 12.5. The van der Waals surface area contributed by atoms with E-state index in [1.165, 1.54) is 6.08 Å². The quantitative estimate of drug-likeness (QED) is 0.804. The fraction of sp³-hybridized carbons (Fsp3) is 0.438. The van der Waals surface area contributed by atoms with Gasteiger partial charge in [-0.25, -0.2) is 9.78 Å². The number of aromatic nitrogens is 1. The molecule has 0 bridgehead atoms. The zero-order valence-corrected chi connectivity index (χ0v) is 13.7. The normalized spacial score (nSPS) is 20.0. The minimum Gasteiger partial charge on any atom is -0.478 e. The van der Waals surface area contributed by atoms with E-state index in [1.807, 2.05) is 6.07 Å². The maximum absolute atomic E-state index is 12.5. The van der Waals surface area contributed by atoms with Crippen LogP contribution in [0.2, 0.25) is 0 Å². The van der Waals surface area contributed by atoms with E-state index < -0.39 is 5.97 Å². The molecule has 3 rings (SSSR count). The molecule has 7 heteroatoms. The summed E-state index contributed by atoms with van der Waals surface area (Å²) in [4.78, 5) is 29.6. The number of nitrogens with one attached hydrogen (secondary N) is 1. The average molecular weight is 338 g/mol. The van der Waals surface area contributed by atoms with Crippen molar-refractivity contribution in [2.75, 3.05) is 25.5 Å². The number of likely N-dealkylation sites (tertiary alicyclic amines) is 1. The van der Waals surface area contributed by atoms with Gasteiger partial charge in [-0.2, -0.15) is 0 Å². The molecule has 0 atom stereocenters. The molecule has 2 aliphatic heterocycles. The van der Waals surface area contributed by atoms with Crippen molar-refractivity contribution in [1.29, 1.82) is 0 Å². The van der Waals surface area contributed by atoms with Gasteiger partial charge in [0, 0.05) is 12.3 Å². The number of anilines is 1. The molecule has 6 nitrogen and oxygen atoms in total. The second kappa shape index (κ2) is 6.68. The highest BCUT2D eigenvalue weighted by Gasteiger charge is 2.44. The van der Waals surface area contributed by atoms with E-state index in [2.05, 4.69) is 22.2 Å². The van der Waals surface area contributed by atoms with Crippen LogP contribution in [0.4, 0.5) is 5.82 Å². The fourth-order valence-corrected chi connectivity index (χ4v) is 3.17. The molecule has 0 unspecified atom stereocenters. The maximum Gasteiger partial charge on any atom is 0.328 e. The molecule has 1 fully saturated rings. The molecular weight excluding hydrogens is 318 g/mol. The molecule has 0 aromatic carbocycles. The molecule has 1 aromatic rings. The highest BCUT2D eigenvalue weighted by Crippen LogP contribution is 2.40. The van der Waals surface area contributed by atoms with Crippen molar-refractivity contribution >= 4 is 36.2 Å². The lowest BCUT2D eigenvalue weighted by atomic mass is 9.71. The number of pyridine rings is 1. The first kappa shape index (κ1) is 17.4.